The number of hydrogen-bond donors (Lipinski definition) is 1. The minimum atomic E-state index is -0.390. The first-order valence-corrected chi connectivity index (χ1v) is 11.6. The molecule has 2 aromatic carbocycles. The molecule has 3 heterocycles. The van der Waals surface area contributed by atoms with Crippen LogP contribution in [-0.4, -0.2) is 39.9 Å². The first kappa shape index (κ1) is 22.5. The Balaban J connectivity index is 1.28. The first-order valence-electron chi connectivity index (χ1n) is 11.6. The minimum absolute atomic E-state index is 0.261. The standard InChI is InChI=1S/C27H25N5O3/c1-18(33)35-24-17-28-25(31-26(24)32-14-4-5-15-32)16-19-8-11-21(12-9-19)29-27(34)23-13-10-20-6-2-3-7-22(20)30-23/h2-3,6-13,17H,4-5,14-16H2,1H3,(H,29,34). The second-order valence-corrected chi connectivity index (χ2v) is 8.48. The summed E-state index contributed by atoms with van der Waals surface area (Å²) in [5, 5.41) is 3.89. The van der Waals surface area contributed by atoms with Gasteiger partial charge < -0.3 is 15.0 Å². The van der Waals surface area contributed by atoms with Gasteiger partial charge in [0.15, 0.2) is 11.6 Å². The van der Waals surface area contributed by atoms with E-state index in [2.05, 4.69) is 20.2 Å². The maximum atomic E-state index is 12.7. The van der Waals surface area contributed by atoms with Crippen LogP contribution >= 0.6 is 0 Å². The van der Waals surface area contributed by atoms with E-state index in [4.69, 9.17) is 9.72 Å². The molecule has 0 spiro atoms. The highest BCUT2D eigenvalue weighted by atomic mass is 16.5. The highest BCUT2D eigenvalue weighted by molar-refractivity contribution is 6.04. The third-order valence-electron chi connectivity index (χ3n) is 5.85. The molecule has 2 aromatic heterocycles. The van der Waals surface area contributed by atoms with Gasteiger partial charge in [-0.15, -0.1) is 0 Å². The monoisotopic (exact) mass is 467 g/mol. The second kappa shape index (κ2) is 9.89. The molecule has 1 aliphatic heterocycles. The number of aromatic nitrogens is 3. The van der Waals surface area contributed by atoms with Crippen molar-refractivity contribution in [2.24, 2.45) is 0 Å². The van der Waals surface area contributed by atoms with Gasteiger partial charge >= 0.3 is 5.97 Å². The van der Waals surface area contributed by atoms with E-state index >= 15 is 0 Å². The van der Waals surface area contributed by atoms with Crippen LogP contribution in [0.2, 0.25) is 0 Å². The van der Waals surface area contributed by atoms with Gasteiger partial charge in [-0.2, -0.15) is 0 Å². The Hall–Kier alpha value is -4.33. The van der Waals surface area contributed by atoms with Gasteiger partial charge in [-0.25, -0.2) is 15.0 Å². The molecule has 35 heavy (non-hydrogen) atoms. The fourth-order valence-corrected chi connectivity index (χ4v) is 4.14. The number of hydrogen-bond acceptors (Lipinski definition) is 7. The van der Waals surface area contributed by atoms with E-state index in [0.29, 0.717) is 35.2 Å². The van der Waals surface area contributed by atoms with Crippen LogP contribution in [0.5, 0.6) is 5.75 Å². The number of para-hydroxylation sites is 1. The van der Waals surface area contributed by atoms with Crippen LogP contribution in [0.3, 0.4) is 0 Å². The fourth-order valence-electron chi connectivity index (χ4n) is 4.14. The van der Waals surface area contributed by atoms with E-state index in [0.717, 1.165) is 42.4 Å². The second-order valence-electron chi connectivity index (χ2n) is 8.48. The zero-order valence-corrected chi connectivity index (χ0v) is 19.4. The molecule has 1 aliphatic rings. The lowest BCUT2D eigenvalue weighted by atomic mass is 10.1. The van der Waals surface area contributed by atoms with Gasteiger partial charge in [0.2, 0.25) is 0 Å². The Morgan fingerprint density at radius 1 is 0.971 bits per heavy atom. The Morgan fingerprint density at radius 3 is 2.51 bits per heavy atom. The van der Waals surface area contributed by atoms with E-state index in [1.807, 2.05) is 54.6 Å². The predicted molar refractivity (Wildman–Crippen MR) is 134 cm³/mol. The highest BCUT2D eigenvalue weighted by Gasteiger charge is 2.20. The molecule has 0 bridgehead atoms. The van der Waals surface area contributed by atoms with Crippen LogP contribution in [0.15, 0.2) is 66.9 Å². The number of esters is 1. The molecule has 8 nitrogen and oxygen atoms in total. The normalized spacial score (nSPS) is 13.1. The quantitative estimate of drug-likeness (QED) is 0.420. The van der Waals surface area contributed by atoms with Crippen molar-refractivity contribution in [3.8, 4) is 5.75 Å². The number of ether oxygens (including phenoxy) is 1. The lowest BCUT2D eigenvalue weighted by Crippen LogP contribution is -2.21. The average molecular weight is 468 g/mol. The van der Waals surface area contributed by atoms with E-state index in [1.165, 1.54) is 6.92 Å². The van der Waals surface area contributed by atoms with Crippen LogP contribution in [0.1, 0.15) is 41.6 Å². The molecule has 1 amide bonds. The summed E-state index contributed by atoms with van der Waals surface area (Å²) in [7, 11) is 0. The van der Waals surface area contributed by atoms with Crippen LogP contribution in [0, 0.1) is 0 Å². The Labute approximate surface area is 203 Å². The Morgan fingerprint density at radius 2 is 1.74 bits per heavy atom. The fraction of sp³-hybridized carbons (Fsp3) is 0.222. The third kappa shape index (κ3) is 5.27. The summed E-state index contributed by atoms with van der Waals surface area (Å²) in [6, 6.07) is 18.9. The maximum Gasteiger partial charge on any atom is 0.308 e. The molecule has 0 aliphatic carbocycles. The SMILES string of the molecule is CC(=O)Oc1cnc(Cc2ccc(NC(=O)c3ccc4ccccc4n3)cc2)nc1N1CCCC1. The van der Waals surface area contributed by atoms with Gasteiger partial charge in [-0.3, -0.25) is 9.59 Å². The number of carbonyl (C=O) groups excluding carboxylic acids is 2. The van der Waals surface area contributed by atoms with Crippen LogP contribution < -0.4 is 15.0 Å². The lowest BCUT2D eigenvalue weighted by molar-refractivity contribution is -0.131. The van der Waals surface area contributed by atoms with E-state index in [9.17, 15) is 9.59 Å². The summed E-state index contributed by atoms with van der Waals surface area (Å²) >= 11 is 0. The van der Waals surface area contributed by atoms with Gasteiger partial charge in [0, 0.05) is 37.5 Å². The molecule has 1 saturated heterocycles. The molecule has 4 aromatic rings. The third-order valence-corrected chi connectivity index (χ3v) is 5.85. The highest BCUT2D eigenvalue weighted by Crippen LogP contribution is 2.29. The number of amides is 1. The summed E-state index contributed by atoms with van der Waals surface area (Å²) in [4.78, 5) is 39.8. The summed E-state index contributed by atoms with van der Waals surface area (Å²) in [5.41, 5.74) is 2.82. The molecular weight excluding hydrogens is 442 g/mol. The number of carbonyl (C=O) groups is 2. The average Bonchev–Trinajstić information content (AvgIpc) is 3.40. The van der Waals surface area contributed by atoms with Gasteiger partial charge in [0.05, 0.1) is 11.7 Å². The number of nitrogens with zero attached hydrogens (tertiary/aromatic N) is 4. The predicted octanol–water partition coefficient (Wildman–Crippen LogP) is 4.39. The van der Waals surface area contributed by atoms with Gasteiger partial charge in [-0.1, -0.05) is 36.4 Å². The Kier molecular flexibility index (Phi) is 6.34. The molecule has 0 atom stereocenters. The summed E-state index contributed by atoms with van der Waals surface area (Å²) in [5.74, 6) is 1.04. The van der Waals surface area contributed by atoms with Crippen molar-refractivity contribution in [3.05, 3.63) is 83.9 Å². The molecule has 5 rings (SSSR count). The van der Waals surface area contributed by atoms with E-state index in [-0.39, 0.29) is 5.91 Å². The van der Waals surface area contributed by atoms with Gasteiger partial charge in [-0.05, 0) is 42.7 Å². The van der Waals surface area contributed by atoms with Crippen molar-refractivity contribution in [2.45, 2.75) is 26.2 Å². The largest absolute Gasteiger partial charge is 0.421 e. The van der Waals surface area contributed by atoms with Crippen molar-refractivity contribution in [3.63, 3.8) is 0 Å². The number of nitrogens with one attached hydrogen (secondary N) is 1. The molecule has 0 unspecified atom stereocenters. The molecule has 8 heteroatoms. The molecular formula is C27H25N5O3. The topological polar surface area (TPSA) is 97.3 Å². The van der Waals surface area contributed by atoms with E-state index in [1.54, 1.807) is 12.3 Å². The zero-order valence-electron chi connectivity index (χ0n) is 19.4. The minimum Gasteiger partial charge on any atom is -0.421 e. The van der Waals surface area contributed by atoms with Crippen molar-refractivity contribution < 1.29 is 14.3 Å². The Bertz CT molecular complexity index is 1380. The lowest BCUT2D eigenvalue weighted by Gasteiger charge is -2.19. The molecule has 0 radical (unpaired) electrons. The molecule has 1 N–H and O–H groups in total. The number of rotatable bonds is 6. The van der Waals surface area contributed by atoms with Crippen LogP contribution in [0.4, 0.5) is 11.5 Å². The zero-order chi connectivity index (χ0) is 24.2. The van der Waals surface area contributed by atoms with Crippen LogP contribution in [-0.2, 0) is 11.2 Å². The number of fused-ring (bicyclic) bond motifs is 1. The van der Waals surface area contributed by atoms with Gasteiger partial charge in [0.1, 0.15) is 11.5 Å². The molecule has 0 saturated carbocycles. The van der Waals surface area contributed by atoms with Crippen molar-refractivity contribution in [1.29, 1.82) is 0 Å². The number of benzene rings is 2. The molecule has 176 valence electrons. The van der Waals surface area contributed by atoms with Crippen molar-refractivity contribution >= 4 is 34.3 Å². The number of pyridine rings is 1. The number of anilines is 2. The van der Waals surface area contributed by atoms with E-state index < -0.39 is 5.97 Å². The maximum absolute atomic E-state index is 12.7. The summed E-state index contributed by atoms with van der Waals surface area (Å²) in [6.45, 7) is 3.13. The molecule has 1 fully saturated rings. The van der Waals surface area contributed by atoms with Crippen LogP contribution in [0.25, 0.3) is 10.9 Å². The summed E-state index contributed by atoms with van der Waals surface area (Å²) in [6.07, 6.45) is 4.26. The van der Waals surface area contributed by atoms with Gasteiger partial charge in [0.25, 0.3) is 5.91 Å². The van der Waals surface area contributed by atoms with Crippen molar-refractivity contribution in [2.75, 3.05) is 23.3 Å². The smallest absolute Gasteiger partial charge is 0.308 e. The summed E-state index contributed by atoms with van der Waals surface area (Å²) < 4.78 is 5.32. The first-order chi connectivity index (χ1) is 17.0. The van der Waals surface area contributed by atoms with Crippen molar-refractivity contribution in [1.82, 2.24) is 15.0 Å².